The maximum absolute atomic E-state index is 5.85. The summed E-state index contributed by atoms with van der Waals surface area (Å²) in [5.41, 5.74) is 6.60. The van der Waals surface area contributed by atoms with E-state index in [0.29, 0.717) is 12.6 Å². The first-order chi connectivity index (χ1) is 13.1. The van der Waals surface area contributed by atoms with Gasteiger partial charge in [-0.05, 0) is 74.7 Å². The Morgan fingerprint density at radius 3 is 2.81 bits per heavy atom. The summed E-state index contributed by atoms with van der Waals surface area (Å²) in [4.78, 5) is 5.89. The van der Waals surface area contributed by atoms with E-state index in [-0.39, 0.29) is 0 Å². The summed E-state index contributed by atoms with van der Waals surface area (Å²) in [6.07, 6.45) is 4.18. The Hall–Kier alpha value is -2.46. The van der Waals surface area contributed by atoms with E-state index in [1.807, 2.05) is 6.92 Å². The maximum atomic E-state index is 5.85. The molecule has 0 bridgehead atoms. The van der Waals surface area contributed by atoms with E-state index in [0.717, 1.165) is 30.9 Å². The van der Waals surface area contributed by atoms with Crippen molar-refractivity contribution in [3.8, 4) is 11.5 Å². The molecule has 0 saturated carbocycles. The number of hydrogen-bond donors (Lipinski definition) is 1. The molecule has 1 aromatic heterocycles. The van der Waals surface area contributed by atoms with Crippen molar-refractivity contribution in [2.45, 2.75) is 32.7 Å². The Balaban J connectivity index is 1.75. The average Bonchev–Trinajstić information content (AvgIpc) is 3.06. The largest absolute Gasteiger partial charge is 0.493 e. The molecule has 0 saturated heterocycles. The first kappa shape index (κ1) is 17.9. The first-order valence-electron chi connectivity index (χ1n) is 9.71. The predicted octanol–water partition coefficient (Wildman–Crippen LogP) is 4.66. The molecule has 27 heavy (non-hydrogen) atoms. The third kappa shape index (κ3) is 3.30. The van der Waals surface area contributed by atoms with Gasteiger partial charge in [0.1, 0.15) is 0 Å². The van der Waals surface area contributed by atoms with E-state index in [2.05, 4.69) is 60.4 Å². The van der Waals surface area contributed by atoms with Gasteiger partial charge in [-0.2, -0.15) is 0 Å². The molecule has 1 atom stereocenters. The highest BCUT2D eigenvalue weighted by molar-refractivity contribution is 5.84. The topological polar surface area (TPSA) is 37.5 Å². The molecule has 0 radical (unpaired) electrons. The molecule has 1 N–H and O–H groups in total. The number of H-pyrrole nitrogens is 1. The molecule has 1 aliphatic heterocycles. The third-order valence-corrected chi connectivity index (χ3v) is 5.69. The summed E-state index contributed by atoms with van der Waals surface area (Å²) in [6.45, 7) is 5.85. The van der Waals surface area contributed by atoms with E-state index < -0.39 is 0 Å². The van der Waals surface area contributed by atoms with Crippen LogP contribution in [0.4, 0.5) is 0 Å². The zero-order valence-electron chi connectivity index (χ0n) is 16.6. The maximum Gasteiger partial charge on any atom is 0.161 e. The molecule has 2 aromatic carbocycles. The lowest BCUT2D eigenvalue weighted by atomic mass is 9.88. The van der Waals surface area contributed by atoms with Crippen LogP contribution in [0, 0.1) is 6.92 Å². The molecule has 0 spiro atoms. The van der Waals surface area contributed by atoms with E-state index in [9.17, 15) is 0 Å². The number of rotatable bonds is 5. The molecule has 4 nitrogen and oxygen atoms in total. The van der Waals surface area contributed by atoms with Crippen LogP contribution in [0.15, 0.2) is 36.5 Å². The van der Waals surface area contributed by atoms with Crippen LogP contribution in [0.2, 0.25) is 0 Å². The highest BCUT2D eigenvalue weighted by Crippen LogP contribution is 2.39. The van der Waals surface area contributed by atoms with Crippen molar-refractivity contribution < 1.29 is 9.47 Å². The lowest BCUT2D eigenvalue weighted by Crippen LogP contribution is -2.33. The van der Waals surface area contributed by atoms with Crippen molar-refractivity contribution in [2.24, 2.45) is 0 Å². The number of aromatic nitrogens is 1. The lowest BCUT2D eigenvalue weighted by molar-refractivity contribution is 0.227. The second kappa shape index (κ2) is 7.28. The van der Waals surface area contributed by atoms with Crippen LogP contribution in [0.1, 0.15) is 35.2 Å². The minimum Gasteiger partial charge on any atom is -0.493 e. The lowest BCUT2D eigenvalue weighted by Gasteiger charge is -2.35. The molecule has 4 rings (SSSR count). The van der Waals surface area contributed by atoms with Crippen LogP contribution in [0.3, 0.4) is 0 Å². The average molecular weight is 364 g/mol. The van der Waals surface area contributed by atoms with Crippen LogP contribution in [-0.2, 0) is 12.8 Å². The van der Waals surface area contributed by atoms with Crippen molar-refractivity contribution in [1.29, 1.82) is 0 Å². The Kier molecular flexibility index (Phi) is 4.83. The quantitative estimate of drug-likeness (QED) is 0.716. The number of fused-ring (bicyclic) bond motifs is 2. The second-order valence-corrected chi connectivity index (χ2v) is 7.45. The van der Waals surface area contributed by atoms with Gasteiger partial charge in [0.15, 0.2) is 11.5 Å². The molecule has 2 heterocycles. The highest BCUT2D eigenvalue weighted by atomic mass is 16.5. The highest BCUT2D eigenvalue weighted by Gasteiger charge is 2.27. The normalized spacial score (nSPS) is 17.1. The summed E-state index contributed by atoms with van der Waals surface area (Å²) in [7, 11) is 3.93. The Labute approximate surface area is 161 Å². The summed E-state index contributed by atoms with van der Waals surface area (Å²) in [6, 6.07) is 11.3. The molecular formula is C23H28N2O2. The van der Waals surface area contributed by atoms with Gasteiger partial charge < -0.3 is 14.5 Å². The fourth-order valence-corrected chi connectivity index (χ4v) is 4.20. The molecule has 0 amide bonds. The minimum absolute atomic E-state index is 0.332. The predicted molar refractivity (Wildman–Crippen MR) is 110 cm³/mol. The van der Waals surface area contributed by atoms with Crippen molar-refractivity contribution in [1.82, 2.24) is 9.88 Å². The minimum atomic E-state index is 0.332. The fraction of sp³-hybridized carbons (Fsp3) is 0.391. The van der Waals surface area contributed by atoms with Gasteiger partial charge in [0.2, 0.25) is 0 Å². The van der Waals surface area contributed by atoms with E-state index in [1.165, 1.54) is 33.2 Å². The number of nitrogens with one attached hydrogen (secondary N) is 1. The SMILES string of the molecule is CCOc1cc2c(cc1OC)CCN(C)[C@@H]2Cc1c[nH]c2ccc(C)cc12. The Morgan fingerprint density at radius 2 is 2.04 bits per heavy atom. The van der Waals surface area contributed by atoms with Crippen molar-refractivity contribution in [3.63, 3.8) is 0 Å². The van der Waals surface area contributed by atoms with Crippen LogP contribution in [0.5, 0.6) is 11.5 Å². The number of methoxy groups -OCH3 is 1. The van der Waals surface area contributed by atoms with Gasteiger partial charge in [0.25, 0.3) is 0 Å². The number of benzene rings is 2. The Bertz CT molecular complexity index is 960. The summed E-state index contributed by atoms with van der Waals surface area (Å²) in [5.74, 6) is 1.68. The summed E-state index contributed by atoms with van der Waals surface area (Å²) < 4.78 is 11.4. The number of aromatic amines is 1. The van der Waals surface area contributed by atoms with Crippen molar-refractivity contribution in [3.05, 3.63) is 58.8 Å². The summed E-state index contributed by atoms with van der Waals surface area (Å²) in [5, 5.41) is 1.33. The number of nitrogens with zero attached hydrogens (tertiary/aromatic N) is 1. The number of hydrogen-bond acceptors (Lipinski definition) is 3. The Morgan fingerprint density at radius 1 is 1.19 bits per heavy atom. The van der Waals surface area contributed by atoms with E-state index >= 15 is 0 Å². The molecule has 4 heteroatoms. The van der Waals surface area contributed by atoms with Crippen molar-refractivity contribution in [2.75, 3.05) is 27.3 Å². The van der Waals surface area contributed by atoms with E-state index in [1.54, 1.807) is 7.11 Å². The molecule has 0 fully saturated rings. The van der Waals surface area contributed by atoms with E-state index in [4.69, 9.17) is 9.47 Å². The van der Waals surface area contributed by atoms with Crippen LogP contribution >= 0.6 is 0 Å². The number of aryl methyl sites for hydroxylation is 1. The summed E-state index contributed by atoms with van der Waals surface area (Å²) >= 11 is 0. The third-order valence-electron chi connectivity index (χ3n) is 5.69. The second-order valence-electron chi connectivity index (χ2n) is 7.45. The smallest absolute Gasteiger partial charge is 0.161 e. The molecule has 1 aliphatic rings. The standard InChI is InChI=1S/C23H28N2O2/c1-5-27-23-13-19-16(12-22(23)26-4)8-9-25(3)21(19)11-17-14-24-20-7-6-15(2)10-18(17)20/h6-7,10,12-14,21,24H,5,8-9,11H2,1-4H3/t21-/m1/s1. The van der Waals surface area contributed by atoms with Gasteiger partial charge >= 0.3 is 0 Å². The molecule has 3 aromatic rings. The van der Waals surface area contributed by atoms with Gasteiger partial charge in [0.05, 0.1) is 13.7 Å². The van der Waals surface area contributed by atoms with Crippen LogP contribution < -0.4 is 9.47 Å². The molecule has 142 valence electrons. The van der Waals surface area contributed by atoms with Gasteiger partial charge in [-0.15, -0.1) is 0 Å². The molecular weight excluding hydrogens is 336 g/mol. The van der Waals surface area contributed by atoms with Crippen LogP contribution in [-0.4, -0.2) is 37.2 Å². The molecule has 0 unspecified atom stereocenters. The first-order valence-corrected chi connectivity index (χ1v) is 9.71. The van der Waals surface area contributed by atoms with Gasteiger partial charge in [-0.1, -0.05) is 11.6 Å². The zero-order chi connectivity index (χ0) is 19.0. The molecule has 0 aliphatic carbocycles. The van der Waals surface area contributed by atoms with Gasteiger partial charge in [0, 0.05) is 29.7 Å². The monoisotopic (exact) mass is 364 g/mol. The van der Waals surface area contributed by atoms with Crippen LogP contribution in [0.25, 0.3) is 10.9 Å². The van der Waals surface area contributed by atoms with Gasteiger partial charge in [-0.3, -0.25) is 4.90 Å². The fourth-order valence-electron chi connectivity index (χ4n) is 4.20. The number of ether oxygens (including phenoxy) is 2. The number of likely N-dealkylation sites (N-methyl/N-ethyl adjacent to an activating group) is 1. The van der Waals surface area contributed by atoms with Gasteiger partial charge in [-0.25, -0.2) is 0 Å². The zero-order valence-corrected chi connectivity index (χ0v) is 16.6. The van der Waals surface area contributed by atoms with Crippen molar-refractivity contribution >= 4 is 10.9 Å².